The molecule has 1 rings (SSSR count). The molecule has 0 aromatic carbocycles. The average Bonchev–Trinajstić information content (AvgIpc) is 2.19. The quantitative estimate of drug-likeness (QED) is 0.550. The van der Waals surface area contributed by atoms with Crippen LogP contribution in [0.25, 0.3) is 0 Å². The smallest absolute Gasteiger partial charge is 0.0315 e. The van der Waals surface area contributed by atoms with Crippen LogP contribution in [0.1, 0.15) is 24.9 Å². The van der Waals surface area contributed by atoms with Gasteiger partial charge >= 0.3 is 0 Å². The Morgan fingerprint density at radius 1 is 1.69 bits per heavy atom. The Balaban J connectivity index is 2.39. The predicted octanol–water partition coefficient (Wildman–Crippen LogP) is 2.31. The van der Waals surface area contributed by atoms with Crippen LogP contribution < -0.4 is 5.32 Å². The lowest BCUT2D eigenvalue weighted by molar-refractivity contribution is 0.579. The Hall–Kier alpha value is -1.15. The predicted molar refractivity (Wildman–Crippen MR) is 55.5 cm³/mol. The molecule has 1 heterocycles. The first-order chi connectivity index (χ1) is 6.34. The molecule has 2 heteroatoms. The summed E-state index contributed by atoms with van der Waals surface area (Å²) >= 11 is 0. The Bertz CT molecular complexity index is 244. The average molecular weight is 176 g/mol. The maximum Gasteiger partial charge on any atom is 0.0315 e. The minimum Gasteiger partial charge on any atom is -0.310 e. The van der Waals surface area contributed by atoms with Crippen LogP contribution in [0.15, 0.2) is 37.2 Å². The summed E-state index contributed by atoms with van der Waals surface area (Å²) in [5, 5.41) is 3.39. The van der Waals surface area contributed by atoms with E-state index in [1.807, 2.05) is 18.3 Å². The van der Waals surface area contributed by atoms with Crippen molar-refractivity contribution in [3.05, 3.63) is 42.7 Å². The molecule has 1 N–H and O–H groups in total. The standard InChI is InChI=1S/C11H16N2/c1-3-4-8-13-10(2)11-6-5-7-12-9-11/h3,5-7,9-10,13H,1,4,8H2,2H3/t10-/m1/s1. The molecule has 0 saturated heterocycles. The van der Waals surface area contributed by atoms with E-state index < -0.39 is 0 Å². The molecule has 1 atom stereocenters. The van der Waals surface area contributed by atoms with Gasteiger partial charge in [-0.1, -0.05) is 12.1 Å². The fraction of sp³-hybridized carbons (Fsp3) is 0.364. The third-order valence-corrected chi connectivity index (χ3v) is 1.98. The van der Waals surface area contributed by atoms with Crippen LogP contribution in [-0.4, -0.2) is 11.5 Å². The van der Waals surface area contributed by atoms with E-state index in [2.05, 4.69) is 29.9 Å². The number of hydrogen-bond donors (Lipinski definition) is 1. The van der Waals surface area contributed by atoms with E-state index in [9.17, 15) is 0 Å². The van der Waals surface area contributed by atoms with Gasteiger partial charge in [-0.25, -0.2) is 0 Å². The molecule has 1 aromatic heterocycles. The molecule has 2 nitrogen and oxygen atoms in total. The maximum absolute atomic E-state index is 4.07. The van der Waals surface area contributed by atoms with Gasteiger partial charge < -0.3 is 5.32 Å². The zero-order valence-electron chi connectivity index (χ0n) is 8.03. The molecule has 0 unspecified atom stereocenters. The number of rotatable bonds is 5. The van der Waals surface area contributed by atoms with Gasteiger partial charge in [-0.3, -0.25) is 4.98 Å². The number of pyridine rings is 1. The molecule has 0 aliphatic carbocycles. The zero-order chi connectivity index (χ0) is 9.52. The third kappa shape index (κ3) is 3.38. The van der Waals surface area contributed by atoms with E-state index in [0.717, 1.165) is 13.0 Å². The molecule has 0 aliphatic rings. The topological polar surface area (TPSA) is 24.9 Å². The van der Waals surface area contributed by atoms with E-state index in [1.54, 1.807) is 6.20 Å². The monoisotopic (exact) mass is 176 g/mol. The van der Waals surface area contributed by atoms with Crippen LogP contribution in [0.5, 0.6) is 0 Å². The molecule has 0 radical (unpaired) electrons. The third-order valence-electron chi connectivity index (χ3n) is 1.98. The van der Waals surface area contributed by atoms with Crippen LogP contribution in [-0.2, 0) is 0 Å². The van der Waals surface area contributed by atoms with Crippen molar-refractivity contribution < 1.29 is 0 Å². The Kier molecular flexibility index (Phi) is 4.19. The first-order valence-corrected chi connectivity index (χ1v) is 4.59. The first-order valence-electron chi connectivity index (χ1n) is 4.59. The summed E-state index contributed by atoms with van der Waals surface area (Å²) in [6.07, 6.45) is 6.61. The van der Waals surface area contributed by atoms with E-state index in [0.29, 0.717) is 6.04 Å². The van der Waals surface area contributed by atoms with E-state index >= 15 is 0 Å². The summed E-state index contributed by atoms with van der Waals surface area (Å²) in [7, 11) is 0. The van der Waals surface area contributed by atoms with Gasteiger partial charge in [0.15, 0.2) is 0 Å². The van der Waals surface area contributed by atoms with Crippen molar-refractivity contribution in [3.8, 4) is 0 Å². The molecule has 0 bridgehead atoms. The van der Waals surface area contributed by atoms with Gasteiger partial charge in [0.25, 0.3) is 0 Å². The summed E-state index contributed by atoms with van der Waals surface area (Å²) in [6, 6.07) is 4.41. The number of hydrogen-bond acceptors (Lipinski definition) is 2. The highest BCUT2D eigenvalue weighted by molar-refractivity contribution is 5.12. The summed E-state index contributed by atoms with van der Waals surface area (Å²) in [5.41, 5.74) is 1.23. The molecular weight excluding hydrogens is 160 g/mol. The fourth-order valence-electron chi connectivity index (χ4n) is 1.15. The maximum atomic E-state index is 4.07. The lowest BCUT2D eigenvalue weighted by Gasteiger charge is -2.12. The van der Waals surface area contributed by atoms with Crippen molar-refractivity contribution in [3.63, 3.8) is 0 Å². The second-order valence-corrected chi connectivity index (χ2v) is 3.04. The molecular formula is C11H16N2. The molecule has 1 aromatic rings. The highest BCUT2D eigenvalue weighted by Gasteiger charge is 2.01. The molecule has 0 aliphatic heterocycles. The number of aromatic nitrogens is 1. The van der Waals surface area contributed by atoms with Crippen molar-refractivity contribution in [2.75, 3.05) is 6.54 Å². The minimum absolute atomic E-state index is 0.369. The van der Waals surface area contributed by atoms with Crippen molar-refractivity contribution >= 4 is 0 Å². The van der Waals surface area contributed by atoms with Crippen LogP contribution in [0, 0.1) is 0 Å². The van der Waals surface area contributed by atoms with Gasteiger partial charge in [0.1, 0.15) is 0 Å². The summed E-state index contributed by atoms with van der Waals surface area (Å²) in [4.78, 5) is 4.07. The normalized spacial score (nSPS) is 12.4. The van der Waals surface area contributed by atoms with Crippen molar-refractivity contribution in [2.24, 2.45) is 0 Å². The summed E-state index contributed by atoms with van der Waals surface area (Å²) in [5.74, 6) is 0. The lowest BCUT2D eigenvalue weighted by atomic mass is 10.1. The van der Waals surface area contributed by atoms with Crippen molar-refractivity contribution in [1.82, 2.24) is 10.3 Å². The Morgan fingerprint density at radius 3 is 3.15 bits per heavy atom. The minimum atomic E-state index is 0.369. The van der Waals surface area contributed by atoms with E-state index in [1.165, 1.54) is 5.56 Å². The van der Waals surface area contributed by atoms with Gasteiger partial charge in [-0.05, 0) is 31.5 Å². The Labute approximate surface area is 79.7 Å². The molecule has 70 valence electrons. The van der Waals surface area contributed by atoms with Crippen molar-refractivity contribution in [1.29, 1.82) is 0 Å². The zero-order valence-corrected chi connectivity index (χ0v) is 8.03. The van der Waals surface area contributed by atoms with Crippen LogP contribution in [0.2, 0.25) is 0 Å². The highest BCUT2D eigenvalue weighted by Crippen LogP contribution is 2.08. The van der Waals surface area contributed by atoms with E-state index in [4.69, 9.17) is 0 Å². The largest absolute Gasteiger partial charge is 0.310 e. The molecule has 13 heavy (non-hydrogen) atoms. The van der Waals surface area contributed by atoms with Crippen molar-refractivity contribution in [2.45, 2.75) is 19.4 Å². The van der Waals surface area contributed by atoms with Gasteiger partial charge in [-0.2, -0.15) is 0 Å². The number of nitrogens with zero attached hydrogens (tertiary/aromatic N) is 1. The molecule has 0 fully saturated rings. The molecule has 0 spiro atoms. The van der Waals surface area contributed by atoms with E-state index in [-0.39, 0.29) is 0 Å². The van der Waals surface area contributed by atoms with Crippen LogP contribution in [0.4, 0.5) is 0 Å². The molecule has 0 amide bonds. The highest BCUT2D eigenvalue weighted by atomic mass is 14.9. The van der Waals surface area contributed by atoms with Crippen LogP contribution >= 0.6 is 0 Å². The first kappa shape index (κ1) is 9.93. The SMILES string of the molecule is C=CCCN[C@H](C)c1cccnc1. The second-order valence-electron chi connectivity index (χ2n) is 3.04. The fourth-order valence-corrected chi connectivity index (χ4v) is 1.15. The van der Waals surface area contributed by atoms with Crippen LogP contribution in [0.3, 0.4) is 0 Å². The van der Waals surface area contributed by atoms with Gasteiger partial charge in [0, 0.05) is 18.4 Å². The Morgan fingerprint density at radius 2 is 2.54 bits per heavy atom. The lowest BCUT2D eigenvalue weighted by Crippen LogP contribution is -2.19. The second kappa shape index (κ2) is 5.49. The number of nitrogens with one attached hydrogen (secondary N) is 1. The van der Waals surface area contributed by atoms with Gasteiger partial charge in [0.2, 0.25) is 0 Å². The molecule has 0 saturated carbocycles. The summed E-state index contributed by atoms with van der Waals surface area (Å²) in [6.45, 7) is 6.79. The van der Waals surface area contributed by atoms with Gasteiger partial charge in [-0.15, -0.1) is 6.58 Å². The summed E-state index contributed by atoms with van der Waals surface area (Å²) < 4.78 is 0. The van der Waals surface area contributed by atoms with Gasteiger partial charge in [0.05, 0.1) is 0 Å².